The van der Waals surface area contributed by atoms with Crippen molar-refractivity contribution in [1.82, 2.24) is 10.6 Å². The van der Waals surface area contributed by atoms with Crippen molar-refractivity contribution >= 4 is 36.1 Å². The van der Waals surface area contributed by atoms with Crippen LogP contribution in [0.2, 0.25) is 0 Å². The Morgan fingerprint density at radius 3 is 1.86 bits per heavy atom. The maximum Gasteiger partial charge on any atom is 0.338 e. The maximum absolute atomic E-state index is 12.3. The van der Waals surface area contributed by atoms with Crippen LogP contribution in [0.4, 0.5) is 9.59 Å². The highest BCUT2D eigenvalue weighted by Crippen LogP contribution is 2.39. The average molecular weight is 701 g/mol. The van der Waals surface area contributed by atoms with E-state index in [0.717, 1.165) is 17.4 Å². The highest BCUT2D eigenvalue weighted by molar-refractivity contribution is 5.95. The van der Waals surface area contributed by atoms with Crippen LogP contribution >= 0.6 is 0 Å². The third kappa shape index (κ3) is 14.8. The topological polar surface area (TPSA) is 237 Å². The van der Waals surface area contributed by atoms with E-state index in [1.165, 1.54) is 24.1 Å². The Balaban J connectivity index is 0.000000771. The number of phenols is 2. The van der Waals surface area contributed by atoms with Gasteiger partial charge in [-0.2, -0.15) is 0 Å². The van der Waals surface area contributed by atoms with Crippen molar-refractivity contribution in [3.8, 4) is 11.5 Å². The van der Waals surface area contributed by atoms with Crippen molar-refractivity contribution in [2.45, 2.75) is 93.5 Å². The number of aldehydes is 1. The number of carbonyl (C=O) groups is 6. The molecule has 0 spiro atoms. The Morgan fingerprint density at radius 2 is 1.40 bits per heavy atom. The van der Waals surface area contributed by atoms with Crippen molar-refractivity contribution in [3.05, 3.63) is 68.9 Å². The van der Waals surface area contributed by atoms with Gasteiger partial charge < -0.3 is 41.8 Å². The molecular weight excluding hydrogens is 648 g/mol. The largest absolute Gasteiger partial charge is 0.508 e. The van der Waals surface area contributed by atoms with E-state index < -0.39 is 30.0 Å². The molecule has 14 heteroatoms. The van der Waals surface area contributed by atoms with E-state index >= 15 is 0 Å². The molecule has 50 heavy (non-hydrogen) atoms. The molecule has 0 aliphatic carbocycles. The molecule has 0 saturated carbocycles. The monoisotopic (exact) mass is 700 g/mol. The number of urea groups is 2. The summed E-state index contributed by atoms with van der Waals surface area (Å²) in [7, 11) is 0. The smallest absolute Gasteiger partial charge is 0.338 e. The van der Waals surface area contributed by atoms with E-state index in [2.05, 4.69) is 53.7 Å². The van der Waals surface area contributed by atoms with Crippen molar-refractivity contribution in [3.63, 3.8) is 0 Å². The number of Topliss-reactive ketones (excluding diaryl/α,β-unsaturated/α-hetero) is 1. The van der Waals surface area contributed by atoms with Gasteiger partial charge in [-0.15, -0.1) is 0 Å². The van der Waals surface area contributed by atoms with Gasteiger partial charge in [0.1, 0.15) is 30.0 Å². The lowest BCUT2D eigenvalue weighted by molar-refractivity contribution is -0.145. The summed E-state index contributed by atoms with van der Waals surface area (Å²) in [5.74, 6) is -0.940. The Kier molecular flexibility index (Phi) is 19.2. The molecule has 8 N–H and O–H groups in total. The lowest BCUT2D eigenvalue weighted by atomic mass is 9.90. The molecule has 14 nitrogen and oxygen atoms in total. The first-order chi connectivity index (χ1) is 23.2. The molecule has 276 valence electrons. The number of carbonyl (C=O) groups excluding carboxylic acids is 6. The number of nitrogens with one attached hydrogen (secondary N) is 2. The second-order valence-electron chi connectivity index (χ2n) is 11.8. The van der Waals surface area contributed by atoms with E-state index in [1.807, 2.05) is 26.8 Å². The number of benzene rings is 2. The number of esters is 2. The van der Waals surface area contributed by atoms with Crippen molar-refractivity contribution < 1.29 is 48.5 Å². The first-order valence-corrected chi connectivity index (χ1v) is 16.0. The number of amides is 4. The summed E-state index contributed by atoms with van der Waals surface area (Å²) in [6, 6.07) is 4.72. The van der Waals surface area contributed by atoms with Gasteiger partial charge in [-0.1, -0.05) is 33.8 Å². The third-order valence-corrected chi connectivity index (χ3v) is 6.98. The first kappa shape index (κ1) is 44.6. The maximum atomic E-state index is 12.3. The standard InChI is InChI=1S/C17H22N2O5.C12H16O.C6H10O3.CH4N2O/c1-5-24-16(22)14-9(4)18-17(23)19-15(14)11-6-10(8(2)3)12(20)7-13(11)21;1-8(2)12-6-11(7-13)9(3)5-10(12)4;1-3-9-6(8)4-5(2)7;2-1(3)4/h6-8,15,20-21H,5H2,1-4H3,(H2,18,19,23);5-8H,1-4H3;3-4H2,1-2H3;(H4,2,3,4). The number of hydrogen-bond acceptors (Lipinski definition) is 10. The molecule has 2 aromatic carbocycles. The highest BCUT2D eigenvalue weighted by atomic mass is 16.5. The average Bonchev–Trinajstić information content (AvgIpc) is 2.96. The van der Waals surface area contributed by atoms with Crippen LogP contribution in [0, 0.1) is 13.8 Å². The number of ketones is 1. The van der Waals surface area contributed by atoms with Gasteiger partial charge in [0.2, 0.25) is 0 Å². The van der Waals surface area contributed by atoms with Crippen LogP contribution in [0.1, 0.15) is 118 Å². The van der Waals surface area contributed by atoms with Gasteiger partial charge in [0, 0.05) is 22.9 Å². The Labute approximate surface area is 293 Å². The van der Waals surface area contributed by atoms with Gasteiger partial charge in [-0.3, -0.25) is 14.4 Å². The normalized spacial score (nSPS) is 13.2. The van der Waals surface area contributed by atoms with Gasteiger partial charge >= 0.3 is 24.0 Å². The predicted molar refractivity (Wildman–Crippen MR) is 189 cm³/mol. The summed E-state index contributed by atoms with van der Waals surface area (Å²) in [4.78, 5) is 64.5. The Bertz CT molecular complexity index is 1560. The molecule has 1 aliphatic heterocycles. The quantitative estimate of drug-likeness (QED) is 0.113. The molecule has 2 aromatic rings. The fourth-order valence-electron chi connectivity index (χ4n) is 4.76. The summed E-state index contributed by atoms with van der Waals surface area (Å²) in [6.07, 6.45) is 0.828. The molecule has 1 atom stereocenters. The van der Waals surface area contributed by atoms with E-state index in [9.17, 15) is 34.2 Å². The van der Waals surface area contributed by atoms with Crippen molar-refractivity contribution in [2.24, 2.45) is 11.5 Å². The number of aromatic hydroxyl groups is 2. The fourth-order valence-corrected chi connectivity index (χ4v) is 4.76. The van der Waals surface area contributed by atoms with E-state index in [4.69, 9.17) is 9.53 Å². The van der Waals surface area contributed by atoms with Crippen LogP contribution in [-0.4, -0.2) is 59.5 Å². The molecule has 0 fully saturated rings. The molecule has 0 saturated heterocycles. The number of hydrogen-bond donors (Lipinski definition) is 6. The lowest BCUT2D eigenvalue weighted by Gasteiger charge is -2.29. The molecule has 1 heterocycles. The highest BCUT2D eigenvalue weighted by Gasteiger charge is 2.34. The summed E-state index contributed by atoms with van der Waals surface area (Å²) >= 11 is 0. The zero-order chi connectivity index (χ0) is 38.9. The van der Waals surface area contributed by atoms with Gasteiger partial charge in [0.05, 0.1) is 24.8 Å². The van der Waals surface area contributed by atoms with Crippen molar-refractivity contribution in [1.29, 1.82) is 0 Å². The van der Waals surface area contributed by atoms with Crippen LogP contribution in [-0.2, 0) is 23.9 Å². The van der Waals surface area contributed by atoms with Gasteiger partial charge in [0.15, 0.2) is 0 Å². The third-order valence-electron chi connectivity index (χ3n) is 6.98. The minimum absolute atomic E-state index is 0.00196. The zero-order valence-electron chi connectivity index (χ0n) is 30.6. The number of rotatable bonds is 9. The molecule has 4 amide bonds. The van der Waals surface area contributed by atoms with E-state index in [0.29, 0.717) is 29.3 Å². The van der Waals surface area contributed by atoms with Crippen LogP contribution in [0.3, 0.4) is 0 Å². The van der Waals surface area contributed by atoms with E-state index in [1.54, 1.807) is 26.8 Å². The number of ether oxygens (including phenoxy) is 2. The van der Waals surface area contributed by atoms with Gasteiger partial charge in [0.25, 0.3) is 0 Å². The number of phenolic OH excluding ortho intramolecular Hbond substituents is 2. The summed E-state index contributed by atoms with van der Waals surface area (Å²) in [5.41, 5.74) is 14.4. The van der Waals surface area contributed by atoms with Crippen LogP contribution in [0.25, 0.3) is 0 Å². The number of nitrogens with two attached hydrogens (primary N) is 2. The number of allylic oxidation sites excluding steroid dienone is 1. The van der Waals surface area contributed by atoms with Crippen molar-refractivity contribution in [2.75, 3.05) is 13.2 Å². The van der Waals surface area contributed by atoms with E-state index in [-0.39, 0.29) is 41.8 Å². The number of aryl methyl sites for hydroxylation is 2. The molecule has 0 bridgehead atoms. The molecule has 1 unspecified atom stereocenters. The second kappa shape index (κ2) is 21.5. The summed E-state index contributed by atoms with van der Waals surface area (Å²) < 4.78 is 9.55. The minimum Gasteiger partial charge on any atom is -0.508 e. The predicted octanol–water partition coefficient (Wildman–Crippen LogP) is 5.20. The number of primary amides is 2. The molecule has 0 aromatic heterocycles. The fraction of sp³-hybridized carbons (Fsp3) is 0.444. The zero-order valence-corrected chi connectivity index (χ0v) is 30.6. The summed E-state index contributed by atoms with van der Waals surface area (Å²) in [6.45, 7) is 19.0. The Hall–Kier alpha value is -5.40. The molecule has 3 rings (SSSR count). The summed E-state index contributed by atoms with van der Waals surface area (Å²) in [5, 5.41) is 25.4. The second-order valence-corrected chi connectivity index (χ2v) is 11.8. The van der Waals surface area contributed by atoms with Gasteiger partial charge in [-0.25, -0.2) is 14.4 Å². The van der Waals surface area contributed by atoms with Gasteiger partial charge in [-0.05, 0) is 87.8 Å². The molecule has 1 aliphatic rings. The SMILES string of the molecule is CCOC(=O)C1=C(C)NC(=O)NC1c1cc(C(C)C)c(O)cc1O.CCOC(=O)CC(C)=O.Cc1cc(C)c(C(C)C)cc1C=O.NC(N)=O. The van der Waals surface area contributed by atoms with Crippen LogP contribution in [0.5, 0.6) is 11.5 Å². The van der Waals surface area contributed by atoms with Crippen LogP contribution < -0.4 is 22.1 Å². The molecule has 0 radical (unpaired) electrons. The van der Waals surface area contributed by atoms with Crippen LogP contribution in [0.15, 0.2) is 35.5 Å². The molecular formula is C36H52N4O10. The lowest BCUT2D eigenvalue weighted by Crippen LogP contribution is -2.45. The first-order valence-electron chi connectivity index (χ1n) is 16.0. The Morgan fingerprint density at radius 1 is 0.860 bits per heavy atom. The minimum atomic E-state index is -0.865.